The highest BCUT2D eigenvalue weighted by Gasteiger charge is 2.31. The van der Waals surface area contributed by atoms with Crippen molar-refractivity contribution in [1.82, 2.24) is 9.97 Å². The standard InChI is InChI=1S/C23H25N5O2/c1-30-17-7-5-6-16(12-17)28-14-20(29)21(22(28)24)23-25-18-9-8-15(13-19(18)26-23)27-10-3-2-4-11-27/h5-9,12-13,24,29H,2-4,10-11,14H2,1H3,(H,25,26). The average molecular weight is 403 g/mol. The molecule has 2 aliphatic rings. The Bertz CT molecular complexity index is 1140. The third-order valence-electron chi connectivity index (χ3n) is 5.89. The highest BCUT2D eigenvalue weighted by Crippen LogP contribution is 2.33. The van der Waals surface area contributed by atoms with Crippen molar-refractivity contribution in [2.24, 2.45) is 0 Å². The molecule has 0 spiro atoms. The van der Waals surface area contributed by atoms with Gasteiger partial charge < -0.3 is 24.6 Å². The quantitative estimate of drug-likeness (QED) is 0.603. The molecule has 1 fully saturated rings. The Labute approximate surface area is 175 Å². The molecule has 3 heterocycles. The summed E-state index contributed by atoms with van der Waals surface area (Å²) in [6.07, 6.45) is 3.75. The van der Waals surface area contributed by atoms with Crippen LogP contribution in [0.5, 0.6) is 5.75 Å². The van der Waals surface area contributed by atoms with Gasteiger partial charge in [-0.05, 0) is 49.6 Å². The van der Waals surface area contributed by atoms with E-state index in [0.717, 1.165) is 29.8 Å². The zero-order valence-electron chi connectivity index (χ0n) is 17.0. The third kappa shape index (κ3) is 3.16. The van der Waals surface area contributed by atoms with Crippen LogP contribution in [0.3, 0.4) is 0 Å². The van der Waals surface area contributed by atoms with E-state index in [1.807, 2.05) is 30.3 Å². The van der Waals surface area contributed by atoms with E-state index >= 15 is 0 Å². The summed E-state index contributed by atoms with van der Waals surface area (Å²) in [5, 5.41) is 19.3. The van der Waals surface area contributed by atoms with E-state index in [1.54, 1.807) is 12.0 Å². The summed E-state index contributed by atoms with van der Waals surface area (Å²) >= 11 is 0. The molecule has 0 unspecified atom stereocenters. The summed E-state index contributed by atoms with van der Waals surface area (Å²) in [6.45, 7) is 2.40. The third-order valence-corrected chi connectivity index (χ3v) is 5.89. The van der Waals surface area contributed by atoms with Gasteiger partial charge >= 0.3 is 0 Å². The first-order valence-electron chi connectivity index (χ1n) is 10.3. The van der Waals surface area contributed by atoms with Crippen molar-refractivity contribution < 1.29 is 9.84 Å². The average Bonchev–Trinajstić information content (AvgIpc) is 3.33. The highest BCUT2D eigenvalue weighted by atomic mass is 16.5. The molecule has 0 amide bonds. The number of aromatic nitrogens is 2. The predicted octanol–water partition coefficient (Wildman–Crippen LogP) is 4.33. The fourth-order valence-corrected chi connectivity index (χ4v) is 4.29. The fourth-order valence-electron chi connectivity index (χ4n) is 4.29. The number of hydrogen-bond acceptors (Lipinski definition) is 5. The number of aromatic amines is 1. The smallest absolute Gasteiger partial charge is 0.145 e. The van der Waals surface area contributed by atoms with E-state index in [1.165, 1.54) is 24.9 Å². The lowest BCUT2D eigenvalue weighted by Gasteiger charge is -2.28. The molecule has 3 aromatic rings. The summed E-state index contributed by atoms with van der Waals surface area (Å²) in [5.74, 6) is 1.59. The Morgan fingerprint density at radius 2 is 1.90 bits per heavy atom. The molecule has 154 valence electrons. The lowest BCUT2D eigenvalue weighted by atomic mass is 10.1. The molecule has 30 heavy (non-hydrogen) atoms. The highest BCUT2D eigenvalue weighted by molar-refractivity contribution is 6.30. The van der Waals surface area contributed by atoms with Crippen molar-refractivity contribution >= 4 is 33.8 Å². The molecule has 0 saturated carbocycles. The van der Waals surface area contributed by atoms with Crippen molar-refractivity contribution in [3.8, 4) is 5.75 Å². The van der Waals surface area contributed by atoms with E-state index in [9.17, 15) is 5.11 Å². The lowest BCUT2D eigenvalue weighted by Crippen LogP contribution is -2.29. The van der Waals surface area contributed by atoms with Gasteiger partial charge in [0.25, 0.3) is 0 Å². The van der Waals surface area contributed by atoms with Crippen LogP contribution in [0.15, 0.2) is 48.2 Å². The second-order valence-corrected chi connectivity index (χ2v) is 7.79. The van der Waals surface area contributed by atoms with Gasteiger partial charge in [-0.25, -0.2) is 4.98 Å². The van der Waals surface area contributed by atoms with Crippen molar-refractivity contribution in [2.75, 3.05) is 36.5 Å². The van der Waals surface area contributed by atoms with Crippen molar-refractivity contribution in [3.05, 3.63) is 54.0 Å². The molecule has 0 radical (unpaired) electrons. The molecule has 1 aromatic heterocycles. The number of methoxy groups -OCH3 is 1. The molecule has 5 rings (SSSR count). The summed E-state index contributed by atoms with van der Waals surface area (Å²) < 4.78 is 5.29. The number of imidazole rings is 1. The van der Waals surface area contributed by atoms with Crippen LogP contribution in [0.2, 0.25) is 0 Å². The second kappa shape index (κ2) is 7.40. The summed E-state index contributed by atoms with van der Waals surface area (Å²) in [4.78, 5) is 12.1. The number of aliphatic hydroxyl groups is 1. The largest absolute Gasteiger partial charge is 0.509 e. The number of anilines is 2. The number of nitrogens with one attached hydrogen (secondary N) is 2. The van der Waals surface area contributed by atoms with Crippen LogP contribution in [0.4, 0.5) is 11.4 Å². The Hall–Kier alpha value is -3.48. The van der Waals surface area contributed by atoms with Gasteiger partial charge in [-0.2, -0.15) is 0 Å². The Morgan fingerprint density at radius 1 is 1.07 bits per heavy atom. The van der Waals surface area contributed by atoms with Gasteiger partial charge in [0, 0.05) is 30.5 Å². The normalized spacial score (nSPS) is 17.3. The summed E-state index contributed by atoms with van der Waals surface area (Å²) in [6, 6.07) is 13.7. The summed E-state index contributed by atoms with van der Waals surface area (Å²) in [7, 11) is 1.61. The number of aliphatic hydroxyl groups excluding tert-OH is 1. The maximum Gasteiger partial charge on any atom is 0.145 e. The molecule has 1 saturated heterocycles. The molecule has 3 N–H and O–H groups in total. The number of ether oxygens (including phenoxy) is 1. The van der Waals surface area contributed by atoms with E-state index in [-0.39, 0.29) is 18.1 Å². The lowest BCUT2D eigenvalue weighted by molar-refractivity contribution is 0.410. The molecular formula is C23H25N5O2. The zero-order valence-corrected chi connectivity index (χ0v) is 17.0. The first kappa shape index (κ1) is 18.5. The van der Waals surface area contributed by atoms with Gasteiger partial charge in [-0.15, -0.1) is 0 Å². The number of benzene rings is 2. The van der Waals surface area contributed by atoms with Crippen LogP contribution in [-0.4, -0.2) is 47.7 Å². The zero-order chi connectivity index (χ0) is 20.7. The van der Waals surface area contributed by atoms with Crippen molar-refractivity contribution in [3.63, 3.8) is 0 Å². The van der Waals surface area contributed by atoms with E-state index in [2.05, 4.69) is 27.0 Å². The molecule has 0 bridgehead atoms. The molecule has 2 aromatic carbocycles. The number of amidine groups is 1. The van der Waals surface area contributed by atoms with Crippen LogP contribution in [0.1, 0.15) is 25.1 Å². The molecule has 2 aliphatic heterocycles. The Balaban J connectivity index is 1.45. The fraction of sp³-hybridized carbons (Fsp3) is 0.304. The van der Waals surface area contributed by atoms with Gasteiger partial charge in [0.2, 0.25) is 0 Å². The Kier molecular flexibility index (Phi) is 4.58. The number of hydrogen-bond donors (Lipinski definition) is 3. The number of fused-ring (bicyclic) bond motifs is 1. The molecule has 7 heteroatoms. The van der Waals surface area contributed by atoms with Gasteiger partial charge in [0.15, 0.2) is 0 Å². The first-order chi connectivity index (χ1) is 14.6. The van der Waals surface area contributed by atoms with Gasteiger partial charge in [0.1, 0.15) is 23.2 Å². The van der Waals surface area contributed by atoms with E-state index < -0.39 is 0 Å². The first-order valence-corrected chi connectivity index (χ1v) is 10.3. The second-order valence-electron chi connectivity index (χ2n) is 7.79. The predicted molar refractivity (Wildman–Crippen MR) is 120 cm³/mol. The molecule has 7 nitrogen and oxygen atoms in total. The van der Waals surface area contributed by atoms with Crippen molar-refractivity contribution in [2.45, 2.75) is 19.3 Å². The van der Waals surface area contributed by atoms with E-state index in [0.29, 0.717) is 17.1 Å². The minimum atomic E-state index is 0.137. The molecule has 0 aliphatic carbocycles. The Morgan fingerprint density at radius 3 is 2.70 bits per heavy atom. The number of H-pyrrole nitrogens is 1. The van der Waals surface area contributed by atoms with Crippen LogP contribution in [0, 0.1) is 5.41 Å². The SMILES string of the molecule is COc1cccc(N2CC(O)=C(c3nc4ccc(N5CCCCC5)cc4[nH]3)C2=N)c1. The van der Waals surface area contributed by atoms with Crippen LogP contribution in [0.25, 0.3) is 16.6 Å². The van der Waals surface area contributed by atoms with Crippen LogP contribution < -0.4 is 14.5 Å². The van der Waals surface area contributed by atoms with Crippen molar-refractivity contribution in [1.29, 1.82) is 5.41 Å². The minimum Gasteiger partial charge on any atom is -0.509 e. The molecular weight excluding hydrogens is 378 g/mol. The van der Waals surface area contributed by atoms with Crippen LogP contribution >= 0.6 is 0 Å². The maximum atomic E-state index is 10.7. The van der Waals surface area contributed by atoms with Crippen LogP contribution in [-0.2, 0) is 0 Å². The minimum absolute atomic E-state index is 0.137. The number of rotatable bonds is 4. The topological polar surface area (TPSA) is 88.5 Å². The van der Waals surface area contributed by atoms with Gasteiger partial charge in [-0.1, -0.05) is 6.07 Å². The monoisotopic (exact) mass is 403 g/mol. The molecule has 0 atom stereocenters. The van der Waals surface area contributed by atoms with Gasteiger partial charge in [-0.3, -0.25) is 5.41 Å². The van der Waals surface area contributed by atoms with Gasteiger partial charge in [0.05, 0.1) is 30.3 Å². The number of piperidine rings is 1. The van der Waals surface area contributed by atoms with E-state index in [4.69, 9.17) is 10.1 Å². The number of nitrogens with zero attached hydrogens (tertiary/aromatic N) is 3. The summed E-state index contributed by atoms with van der Waals surface area (Å²) in [5.41, 5.74) is 4.17. The maximum absolute atomic E-state index is 10.7.